The van der Waals surface area contributed by atoms with Gasteiger partial charge >= 0.3 is 10.2 Å². The average Bonchev–Trinajstić information content (AvgIpc) is 2.82. The maximum absolute atomic E-state index is 12.7. The van der Waals surface area contributed by atoms with E-state index in [0.29, 0.717) is 37.7 Å². The standard InChI is InChI=1S/C15H18FNO5S/c16-23(19,20)10-12-8-15(18)17(9-12)4-3-11-1-2-13-14(7-11)22-6-5-21-13/h1-2,7,12H,3-6,8-10H2. The number of hydrogen-bond donors (Lipinski definition) is 0. The first-order chi connectivity index (χ1) is 10.9. The average molecular weight is 343 g/mol. The predicted octanol–water partition coefficient (Wildman–Crippen LogP) is 1.15. The van der Waals surface area contributed by atoms with Crippen molar-refractivity contribution in [3.8, 4) is 11.5 Å². The summed E-state index contributed by atoms with van der Waals surface area (Å²) in [6.07, 6.45) is 0.710. The molecule has 0 saturated carbocycles. The summed E-state index contributed by atoms with van der Waals surface area (Å²) in [4.78, 5) is 13.5. The van der Waals surface area contributed by atoms with Crippen LogP contribution in [0.25, 0.3) is 0 Å². The zero-order valence-corrected chi connectivity index (χ0v) is 13.4. The molecule has 1 aromatic rings. The lowest BCUT2D eigenvalue weighted by Gasteiger charge is -2.20. The van der Waals surface area contributed by atoms with Crippen molar-refractivity contribution in [2.24, 2.45) is 5.92 Å². The Bertz CT molecular complexity index is 706. The van der Waals surface area contributed by atoms with Gasteiger partial charge in [0.15, 0.2) is 11.5 Å². The number of amides is 1. The van der Waals surface area contributed by atoms with Crippen LogP contribution in [0.3, 0.4) is 0 Å². The Kier molecular flexibility index (Phi) is 4.43. The molecule has 0 bridgehead atoms. The van der Waals surface area contributed by atoms with Crippen LogP contribution < -0.4 is 9.47 Å². The molecule has 2 aliphatic rings. The van der Waals surface area contributed by atoms with Gasteiger partial charge in [0, 0.05) is 25.4 Å². The Morgan fingerprint density at radius 2 is 1.96 bits per heavy atom. The van der Waals surface area contributed by atoms with Crippen molar-refractivity contribution in [1.29, 1.82) is 0 Å². The van der Waals surface area contributed by atoms with Gasteiger partial charge in [-0.25, -0.2) is 0 Å². The topological polar surface area (TPSA) is 72.9 Å². The molecule has 0 aromatic heterocycles. The molecular weight excluding hydrogens is 325 g/mol. The second kappa shape index (κ2) is 6.35. The van der Waals surface area contributed by atoms with Gasteiger partial charge in [-0.2, -0.15) is 8.42 Å². The number of halogens is 1. The molecule has 1 fully saturated rings. The van der Waals surface area contributed by atoms with Gasteiger partial charge in [0.1, 0.15) is 13.2 Å². The van der Waals surface area contributed by atoms with Gasteiger partial charge in [-0.1, -0.05) is 6.07 Å². The van der Waals surface area contributed by atoms with Crippen molar-refractivity contribution in [3.05, 3.63) is 23.8 Å². The Balaban J connectivity index is 1.57. The highest BCUT2D eigenvalue weighted by molar-refractivity contribution is 7.86. The molecule has 6 nitrogen and oxygen atoms in total. The molecule has 3 rings (SSSR count). The molecule has 1 unspecified atom stereocenters. The monoisotopic (exact) mass is 343 g/mol. The summed E-state index contributed by atoms with van der Waals surface area (Å²) in [7, 11) is -4.54. The maximum atomic E-state index is 12.7. The summed E-state index contributed by atoms with van der Waals surface area (Å²) in [6, 6.07) is 5.64. The minimum Gasteiger partial charge on any atom is -0.486 e. The number of nitrogens with zero attached hydrogens (tertiary/aromatic N) is 1. The predicted molar refractivity (Wildman–Crippen MR) is 80.7 cm³/mol. The van der Waals surface area contributed by atoms with Crippen molar-refractivity contribution in [3.63, 3.8) is 0 Å². The van der Waals surface area contributed by atoms with Gasteiger partial charge < -0.3 is 14.4 Å². The highest BCUT2D eigenvalue weighted by Gasteiger charge is 2.32. The smallest absolute Gasteiger partial charge is 0.302 e. The van der Waals surface area contributed by atoms with Crippen molar-refractivity contribution in [1.82, 2.24) is 4.90 Å². The number of likely N-dealkylation sites (tertiary alicyclic amines) is 1. The summed E-state index contributed by atoms with van der Waals surface area (Å²) in [5, 5.41) is 0. The van der Waals surface area contributed by atoms with Crippen LogP contribution in [0, 0.1) is 5.92 Å². The fourth-order valence-corrected chi connectivity index (χ4v) is 3.76. The van der Waals surface area contributed by atoms with Crippen LogP contribution in [0.4, 0.5) is 3.89 Å². The molecule has 2 aliphatic heterocycles. The lowest BCUT2D eigenvalue weighted by molar-refractivity contribution is -0.127. The number of hydrogen-bond acceptors (Lipinski definition) is 5. The number of ether oxygens (including phenoxy) is 2. The second-order valence-electron chi connectivity index (χ2n) is 5.84. The van der Waals surface area contributed by atoms with Gasteiger partial charge in [-0.3, -0.25) is 4.79 Å². The Labute approximate surface area is 134 Å². The number of rotatable bonds is 5. The summed E-state index contributed by atoms with van der Waals surface area (Å²) >= 11 is 0. The van der Waals surface area contributed by atoms with Gasteiger partial charge in [0.05, 0.1) is 5.75 Å². The minimum absolute atomic E-state index is 0.0876. The molecule has 1 amide bonds. The summed E-state index contributed by atoms with van der Waals surface area (Å²) < 4.78 is 45.1. The van der Waals surface area contributed by atoms with Crippen LogP contribution in [0.15, 0.2) is 18.2 Å². The molecule has 0 radical (unpaired) electrons. The van der Waals surface area contributed by atoms with E-state index in [1.54, 1.807) is 4.90 Å². The van der Waals surface area contributed by atoms with Crippen molar-refractivity contribution < 1.29 is 26.6 Å². The van der Waals surface area contributed by atoms with E-state index in [1.807, 2.05) is 18.2 Å². The second-order valence-corrected chi connectivity index (χ2v) is 7.25. The number of carbonyl (C=O) groups is 1. The third kappa shape index (κ3) is 4.13. The number of benzene rings is 1. The molecular formula is C15H18FNO5S. The molecule has 0 aliphatic carbocycles. The van der Waals surface area contributed by atoms with E-state index in [-0.39, 0.29) is 18.9 Å². The zero-order valence-electron chi connectivity index (χ0n) is 12.5. The fraction of sp³-hybridized carbons (Fsp3) is 0.533. The minimum atomic E-state index is -4.54. The highest BCUT2D eigenvalue weighted by atomic mass is 32.3. The Hall–Kier alpha value is -1.83. The van der Waals surface area contributed by atoms with Crippen molar-refractivity contribution in [2.75, 3.05) is 32.1 Å². The van der Waals surface area contributed by atoms with E-state index in [2.05, 4.69) is 0 Å². The van der Waals surface area contributed by atoms with E-state index in [1.165, 1.54) is 0 Å². The van der Waals surface area contributed by atoms with Crippen LogP contribution in [0.2, 0.25) is 0 Å². The molecule has 1 aromatic carbocycles. The first-order valence-corrected chi connectivity index (χ1v) is 9.04. The molecule has 0 spiro atoms. The molecule has 1 atom stereocenters. The van der Waals surface area contributed by atoms with Gasteiger partial charge in [-0.05, 0) is 24.1 Å². The highest BCUT2D eigenvalue weighted by Crippen LogP contribution is 2.31. The van der Waals surface area contributed by atoms with E-state index >= 15 is 0 Å². The Morgan fingerprint density at radius 3 is 2.70 bits per heavy atom. The number of fused-ring (bicyclic) bond motifs is 1. The van der Waals surface area contributed by atoms with Crippen LogP contribution >= 0.6 is 0 Å². The van der Waals surface area contributed by atoms with E-state index in [4.69, 9.17) is 9.47 Å². The quantitative estimate of drug-likeness (QED) is 0.750. The van der Waals surface area contributed by atoms with Crippen molar-refractivity contribution in [2.45, 2.75) is 12.8 Å². The van der Waals surface area contributed by atoms with Crippen LogP contribution in [-0.4, -0.2) is 51.3 Å². The summed E-state index contributed by atoms with van der Waals surface area (Å²) in [5.74, 6) is 0.238. The summed E-state index contributed by atoms with van der Waals surface area (Å²) in [5.41, 5.74) is 1.00. The third-order valence-corrected chi connectivity index (χ3v) is 4.88. The summed E-state index contributed by atoms with van der Waals surface area (Å²) in [6.45, 7) is 1.81. The molecule has 2 heterocycles. The first-order valence-electron chi connectivity index (χ1n) is 7.49. The van der Waals surface area contributed by atoms with Crippen molar-refractivity contribution >= 4 is 16.1 Å². The molecule has 23 heavy (non-hydrogen) atoms. The van der Waals surface area contributed by atoms with Crippen LogP contribution in [-0.2, 0) is 21.4 Å². The normalized spacial score (nSPS) is 20.8. The molecule has 1 saturated heterocycles. The van der Waals surface area contributed by atoms with Gasteiger partial charge in [0.2, 0.25) is 5.91 Å². The third-order valence-electron chi connectivity index (χ3n) is 4.01. The van der Waals surface area contributed by atoms with E-state index in [9.17, 15) is 17.1 Å². The molecule has 0 N–H and O–H groups in total. The van der Waals surface area contributed by atoms with E-state index < -0.39 is 21.9 Å². The van der Waals surface area contributed by atoms with Crippen LogP contribution in [0.5, 0.6) is 11.5 Å². The molecule has 126 valence electrons. The van der Waals surface area contributed by atoms with E-state index in [0.717, 1.165) is 5.56 Å². The SMILES string of the molecule is O=C1CC(CS(=O)(=O)F)CN1CCc1ccc2c(c1)OCCO2. The lowest BCUT2D eigenvalue weighted by Crippen LogP contribution is -2.28. The van der Waals surface area contributed by atoms with Gasteiger partial charge in [0.25, 0.3) is 0 Å². The first kappa shape index (κ1) is 16.0. The largest absolute Gasteiger partial charge is 0.486 e. The zero-order chi connectivity index (χ0) is 16.4. The fourth-order valence-electron chi connectivity index (χ4n) is 2.97. The Morgan fingerprint density at radius 1 is 1.22 bits per heavy atom. The lowest BCUT2D eigenvalue weighted by atomic mass is 10.1. The van der Waals surface area contributed by atoms with Gasteiger partial charge in [-0.15, -0.1) is 3.89 Å². The maximum Gasteiger partial charge on any atom is 0.302 e. The molecule has 8 heteroatoms. The number of carbonyl (C=O) groups excluding carboxylic acids is 1. The van der Waals surface area contributed by atoms with Crippen LogP contribution in [0.1, 0.15) is 12.0 Å².